The van der Waals surface area contributed by atoms with Gasteiger partial charge in [-0.15, -0.1) is 0 Å². The molecular weight excluding hydrogens is 213 g/mol. The van der Waals surface area contributed by atoms with Crippen LogP contribution in [-0.4, -0.2) is 25.0 Å². The van der Waals surface area contributed by atoms with Crippen molar-refractivity contribution < 1.29 is 14.0 Å². The van der Waals surface area contributed by atoms with Crippen LogP contribution in [0.4, 0.5) is 9.18 Å². The molecule has 0 aromatic heterocycles. The minimum absolute atomic E-state index is 0.0263. The van der Waals surface area contributed by atoms with Gasteiger partial charge in [-0.25, -0.2) is 9.18 Å². The van der Waals surface area contributed by atoms with E-state index in [1.807, 2.05) is 0 Å². The molecule has 6 heteroatoms. The van der Waals surface area contributed by atoms with Crippen molar-refractivity contribution in [2.24, 2.45) is 5.73 Å². The molecular formula is C10H12FN3O2. The van der Waals surface area contributed by atoms with Crippen LogP contribution in [0.3, 0.4) is 0 Å². The van der Waals surface area contributed by atoms with Crippen molar-refractivity contribution in [3.8, 4) is 0 Å². The van der Waals surface area contributed by atoms with Crippen molar-refractivity contribution >= 4 is 11.9 Å². The number of hydrogen-bond acceptors (Lipinski definition) is 2. The highest BCUT2D eigenvalue weighted by molar-refractivity contribution is 5.94. The number of benzene rings is 1. The molecule has 5 nitrogen and oxygen atoms in total. The van der Waals surface area contributed by atoms with Gasteiger partial charge in [-0.2, -0.15) is 0 Å². The zero-order chi connectivity index (χ0) is 12.0. The molecule has 0 atom stereocenters. The summed E-state index contributed by atoms with van der Waals surface area (Å²) in [5, 5.41) is 4.74. The molecule has 0 aliphatic heterocycles. The predicted octanol–water partition coefficient (Wildman–Crippen LogP) is 0.224. The summed E-state index contributed by atoms with van der Waals surface area (Å²) in [5.41, 5.74) is 4.80. The molecule has 0 spiro atoms. The second kappa shape index (κ2) is 5.69. The molecule has 0 aliphatic carbocycles. The van der Waals surface area contributed by atoms with Crippen LogP contribution in [0.2, 0.25) is 0 Å². The Hall–Kier alpha value is -2.11. The first kappa shape index (κ1) is 12.0. The summed E-state index contributed by atoms with van der Waals surface area (Å²) in [5.74, 6) is -1.10. The van der Waals surface area contributed by atoms with Gasteiger partial charge in [0.15, 0.2) is 0 Å². The van der Waals surface area contributed by atoms with Crippen LogP contribution in [0.25, 0.3) is 0 Å². The second-order valence-electron chi connectivity index (χ2n) is 3.03. The largest absolute Gasteiger partial charge is 0.352 e. The Balaban J connectivity index is 2.41. The van der Waals surface area contributed by atoms with Gasteiger partial charge in [-0.1, -0.05) is 12.1 Å². The molecule has 0 saturated carbocycles. The molecule has 1 aromatic carbocycles. The van der Waals surface area contributed by atoms with E-state index >= 15 is 0 Å². The maximum absolute atomic E-state index is 13.1. The normalized spacial score (nSPS) is 9.56. The fraction of sp³-hybridized carbons (Fsp3) is 0.200. The number of carbonyl (C=O) groups is 2. The lowest BCUT2D eigenvalue weighted by Crippen LogP contribution is -2.37. The van der Waals surface area contributed by atoms with Gasteiger partial charge >= 0.3 is 6.03 Å². The van der Waals surface area contributed by atoms with E-state index in [-0.39, 0.29) is 18.7 Å². The quantitative estimate of drug-likeness (QED) is 0.640. The van der Waals surface area contributed by atoms with Crippen LogP contribution in [-0.2, 0) is 0 Å². The first-order chi connectivity index (χ1) is 7.61. The van der Waals surface area contributed by atoms with E-state index in [4.69, 9.17) is 5.73 Å². The van der Waals surface area contributed by atoms with E-state index in [1.165, 1.54) is 18.2 Å². The molecule has 16 heavy (non-hydrogen) atoms. The zero-order valence-corrected chi connectivity index (χ0v) is 8.50. The van der Waals surface area contributed by atoms with Gasteiger partial charge in [-0.3, -0.25) is 4.79 Å². The monoisotopic (exact) mass is 225 g/mol. The summed E-state index contributed by atoms with van der Waals surface area (Å²) in [6, 6.07) is 4.99. The number of primary amides is 1. The van der Waals surface area contributed by atoms with Crippen molar-refractivity contribution in [2.75, 3.05) is 13.1 Å². The Kier molecular flexibility index (Phi) is 4.26. The Morgan fingerprint density at radius 3 is 2.44 bits per heavy atom. The highest BCUT2D eigenvalue weighted by Gasteiger charge is 2.09. The molecule has 0 aliphatic rings. The van der Waals surface area contributed by atoms with Crippen molar-refractivity contribution in [2.45, 2.75) is 0 Å². The molecule has 0 unspecified atom stereocenters. The Labute approximate surface area is 91.8 Å². The van der Waals surface area contributed by atoms with Crippen molar-refractivity contribution in [1.82, 2.24) is 10.6 Å². The molecule has 0 fully saturated rings. The van der Waals surface area contributed by atoms with Crippen LogP contribution in [0.5, 0.6) is 0 Å². The number of nitrogens with two attached hydrogens (primary N) is 1. The fourth-order valence-corrected chi connectivity index (χ4v) is 1.10. The summed E-state index contributed by atoms with van der Waals surface area (Å²) in [6.45, 7) is 0.394. The third kappa shape index (κ3) is 3.56. The van der Waals surface area contributed by atoms with Crippen LogP contribution < -0.4 is 16.4 Å². The Morgan fingerprint density at radius 2 is 1.81 bits per heavy atom. The number of amides is 3. The van der Waals surface area contributed by atoms with Gasteiger partial charge in [0.1, 0.15) is 5.82 Å². The van der Waals surface area contributed by atoms with Crippen molar-refractivity contribution in [1.29, 1.82) is 0 Å². The van der Waals surface area contributed by atoms with Gasteiger partial charge in [0.05, 0.1) is 5.56 Å². The van der Waals surface area contributed by atoms with E-state index in [0.717, 1.165) is 0 Å². The topological polar surface area (TPSA) is 84.2 Å². The Bertz CT molecular complexity index is 395. The maximum Gasteiger partial charge on any atom is 0.312 e. The van der Waals surface area contributed by atoms with Crippen molar-refractivity contribution in [3.63, 3.8) is 0 Å². The third-order valence-electron chi connectivity index (χ3n) is 1.83. The van der Waals surface area contributed by atoms with E-state index in [2.05, 4.69) is 10.6 Å². The molecule has 0 heterocycles. The first-order valence-corrected chi connectivity index (χ1v) is 4.67. The third-order valence-corrected chi connectivity index (χ3v) is 1.83. The molecule has 86 valence electrons. The minimum Gasteiger partial charge on any atom is -0.352 e. The van der Waals surface area contributed by atoms with Crippen LogP contribution in [0, 0.1) is 5.82 Å². The molecule has 4 N–H and O–H groups in total. The molecule has 1 aromatic rings. The van der Waals surface area contributed by atoms with Gasteiger partial charge in [0.2, 0.25) is 0 Å². The number of carbonyl (C=O) groups excluding carboxylic acids is 2. The number of rotatable bonds is 4. The second-order valence-corrected chi connectivity index (χ2v) is 3.03. The van der Waals surface area contributed by atoms with Gasteiger partial charge in [0, 0.05) is 13.1 Å². The number of hydrogen-bond donors (Lipinski definition) is 3. The van der Waals surface area contributed by atoms with Gasteiger partial charge < -0.3 is 16.4 Å². The molecule has 1 rings (SSSR count). The molecule has 0 radical (unpaired) electrons. The summed E-state index contributed by atoms with van der Waals surface area (Å²) in [6.07, 6.45) is 0. The molecule has 0 bridgehead atoms. The highest BCUT2D eigenvalue weighted by Crippen LogP contribution is 2.05. The standard InChI is InChI=1S/C10H12FN3O2/c11-8-4-2-1-3-7(8)9(15)13-5-6-14-10(12)16/h1-4H,5-6H2,(H,13,15)(H3,12,14,16). The molecule has 0 saturated heterocycles. The number of halogens is 1. The average Bonchev–Trinajstić information content (AvgIpc) is 2.24. The first-order valence-electron chi connectivity index (χ1n) is 4.67. The fourth-order valence-electron chi connectivity index (χ4n) is 1.10. The smallest absolute Gasteiger partial charge is 0.312 e. The predicted molar refractivity (Wildman–Crippen MR) is 56.3 cm³/mol. The molecule has 3 amide bonds. The lowest BCUT2D eigenvalue weighted by Gasteiger charge is -2.05. The van der Waals surface area contributed by atoms with Crippen LogP contribution >= 0.6 is 0 Å². The lowest BCUT2D eigenvalue weighted by atomic mass is 10.2. The summed E-state index contributed by atoms with van der Waals surface area (Å²) in [4.78, 5) is 21.7. The van der Waals surface area contributed by atoms with Crippen LogP contribution in [0.15, 0.2) is 24.3 Å². The minimum atomic E-state index is -0.667. The highest BCUT2D eigenvalue weighted by atomic mass is 19.1. The zero-order valence-electron chi connectivity index (χ0n) is 8.50. The van der Waals surface area contributed by atoms with Gasteiger partial charge in [-0.05, 0) is 12.1 Å². The summed E-state index contributed by atoms with van der Waals surface area (Å²) in [7, 11) is 0. The SMILES string of the molecule is NC(=O)NCCNC(=O)c1ccccc1F. The van der Waals surface area contributed by atoms with E-state index in [1.54, 1.807) is 6.07 Å². The summed E-state index contributed by atoms with van der Waals surface area (Å²) < 4.78 is 13.1. The van der Waals surface area contributed by atoms with E-state index in [9.17, 15) is 14.0 Å². The Morgan fingerprint density at radius 1 is 1.19 bits per heavy atom. The van der Waals surface area contributed by atoms with E-state index < -0.39 is 17.8 Å². The lowest BCUT2D eigenvalue weighted by molar-refractivity contribution is 0.0950. The summed E-state index contributed by atoms with van der Waals surface area (Å²) >= 11 is 0. The number of nitrogens with one attached hydrogen (secondary N) is 2. The van der Waals surface area contributed by atoms with Gasteiger partial charge in [0.25, 0.3) is 5.91 Å². The maximum atomic E-state index is 13.1. The van der Waals surface area contributed by atoms with Crippen LogP contribution in [0.1, 0.15) is 10.4 Å². The van der Waals surface area contributed by atoms with Crippen molar-refractivity contribution in [3.05, 3.63) is 35.6 Å². The van der Waals surface area contributed by atoms with E-state index in [0.29, 0.717) is 0 Å². The average molecular weight is 225 g/mol. The number of urea groups is 1.